The minimum Gasteiger partial charge on any atom is -0.481 e. The maximum atomic E-state index is 13.6. The Hall–Kier alpha value is -0.900. The molecular weight excluding hydrogens is 263 g/mol. The van der Waals surface area contributed by atoms with Gasteiger partial charge in [-0.3, -0.25) is 4.79 Å². The van der Waals surface area contributed by atoms with Crippen LogP contribution < -0.4 is 0 Å². The Morgan fingerprint density at radius 2 is 2.27 bits per heavy atom. The highest BCUT2D eigenvalue weighted by atomic mass is 79.9. The van der Waals surface area contributed by atoms with Gasteiger partial charge in [-0.05, 0) is 28.4 Å². The van der Waals surface area contributed by atoms with E-state index in [1.165, 1.54) is 6.07 Å². The number of carboxylic acids is 1. The smallest absolute Gasteiger partial charge is 0.311 e. The van der Waals surface area contributed by atoms with Crippen LogP contribution in [0.25, 0.3) is 0 Å². The van der Waals surface area contributed by atoms with Crippen LogP contribution in [0.1, 0.15) is 31.2 Å². The summed E-state index contributed by atoms with van der Waals surface area (Å²) in [7, 11) is 0. The van der Waals surface area contributed by atoms with Gasteiger partial charge in [-0.15, -0.1) is 0 Å². The first-order chi connectivity index (χ1) is 7.07. The van der Waals surface area contributed by atoms with E-state index in [4.69, 9.17) is 5.11 Å². The number of hydrogen-bond acceptors (Lipinski definition) is 1. The summed E-state index contributed by atoms with van der Waals surface area (Å²) in [5.74, 6) is -2.21. The molecule has 0 spiro atoms. The van der Waals surface area contributed by atoms with Gasteiger partial charge in [-0.1, -0.05) is 25.5 Å². The molecule has 82 valence electrons. The van der Waals surface area contributed by atoms with Crippen molar-refractivity contribution < 1.29 is 14.3 Å². The number of benzene rings is 1. The normalized spacial score (nSPS) is 12.5. The van der Waals surface area contributed by atoms with E-state index >= 15 is 0 Å². The summed E-state index contributed by atoms with van der Waals surface area (Å²) in [6.45, 7) is 1.88. The van der Waals surface area contributed by atoms with E-state index in [0.29, 0.717) is 17.3 Å². The molecule has 0 aliphatic heterocycles. The fraction of sp³-hybridized carbons (Fsp3) is 0.364. The second-order valence-corrected chi connectivity index (χ2v) is 4.18. The van der Waals surface area contributed by atoms with Crippen molar-refractivity contribution in [2.24, 2.45) is 0 Å². The van der Waals surface area contributed by atoms with Gasteiger partial charge in [-0.2, -0.15) is 0 Å². The Balaban J connectivity index is 3.11. The lowest BCUT2D eigenvalue weighted by atomic mass is 9.94. The third-order valence-electron chi connectivity index (χ3n) is 2.23. The van der Waals surface area contributed by atoms with Crippen LogP contribution in [-0.4, -0.2) is 11.1 Å². The minimum absolute atomic E-state index is 0.249. The van der Waals surface area contributed by atoms with E-state index in [1.54, 1.807) is 12.1 Å². The lowest BCUT2D eigenvalue weighted by Gasteiger charge is -2.12. The number of rotatable bonds is 4. The zero-order valence-corrected chi connectivity index (χ0v) is 9.92. The predicted octanol–water partition coefficient (Wildman–Crippen LogP) is 3.56. The molecule has 1 atom stereocenters. The molecule has 1 aromatic carbocycles. The average molecular weight is 275 g/mol. The number of carboxylic acid groups (broad SMARTS) is 1. The lowest BCUT2D eigenvalue weighted by molar-refractivity contribution is -0.139. The average Bonchev–Trinajstić information content (AvgIpc) is 2.19. The molecule has 2 nitrogen and oxygen atoms in total. The molecule has 0 aromatic heterocycles. The number of carbonyl (C=O) groups is 1. The van der Waals surface area contributed by atoms with Crippen LogP contribution in [0.5, 0.6) is 0 Å². The van der Waals surface area contributed by atoms with Crippen molar-refractivity contribution in [1.29, 1.82) is 0 Å². The molecule has 0 aliphatic rings. The van der Waals surface area contributed by atoms with Crippen LogP contribution in [0.3, 0.4) is 0 Å². The Kier molecular flexibility index (Phi) is 4.27. The first-order valence-corrected chi connectivity index (χ1v) is 5.54. The van der Waals surface area contributed by atoms with E-state index in [1.807, 2.05) is 6.92 Å². The lowest BCUT2D eigenvalue weighted by Crippen LogP contribution is -2.13. The van der Waals surface area contributed by atoms with Crippen molar-refractivity contribution in [3.8, 4) is 0 Å². The molecule has 1 N–H and O–H groups in total. The maximum Gasteiger partial charge on any atom is 0.311 e. The van der Waals surface area contributed by atoms with Crippen LogP contribution in [0.2, 0.25) is 0 Å². The molecule has 1 aromatic rings. The molecule has 0 radical (unpaired) electrons. The van der Waals surface area contributed by atoms with Crippen molar-refractivity contribution in [3.05, 3.63) is 34.1 Å². The van der Waals surface area contributed by atoms with Gasteiger partial charge < -0.3 is 5.11 Å². The highest BCUT2D eigenvalue weighted by Crippen LogP contribution is 2.28. The summed E-state index contributed by atoms with van der Waals surface area (Å²) >= 11 is 3.05. The van der Waals surface area contributed by atoms with Crippen LogP contribution in [0.15, 0.2) is 22.7 Å². The van der Waals surface area contributed by atoms with Gasteiger partial charge in [0.15, 0.2) is 0 Å². The Morgan fingerprint density at radius 1 is 1.60 bits per heavy atom. The largest absolute Gasteiger partial charge is 0.481 e. The van der Waals surface area contributed by atoms with Gasteiger partial charge in [-0.25, -0.2) is 4.39 Å². The second-order valence-electron chi connectivity index (χ2n) is 3.32. The van der Waals surface area contributed by atoms with Crippen LogP contribution >= 0.6 is 15.9 Å². The number of halogens is 2. The molecule has 0 amide bonds. The van der Waals surface area contributed by atoms with Crippen molar-refractivity contribution in [3.63, 3.8) is 0 Å². The van der Waals surface area contributed by atoms with Gasteiger partial charge in [0.1, 0.15) is 5.82 Å². The molecule has 0 saturated heterocycles. The van der Waals surface area contributed by atoms with Crippen LogP contribution in [0, 0.1) is 5.82 Å². The quantitative estimate of drug-likeness (QED) is 0.912. The van der Waals surface area contributed by atoms with Gasteiger partial charge in [0.2, 0.25) is 0 Å². The second kappa shape index (κ2) is 5.26. The number of hydrogen-bond donors (Lipinski definition) is 1. The molecule has 15 heavy (non-hydrogen) atoms. The molecule has 0 heterocycles. The molecule has 0 fully saturated rings. The highest BCUT2D eigenvalue weighted by molar-refractivity contribution is 9.10. The highest BCUT2D eigenvalue weighted by Gasteiger charge is 2.22. The van der Waals surface area contributed by atoms with Crippen LogP contribution in [0.4, 0.5) is 4.39 Å². The first kappa shape index (κ1) is 12.2. The standard InChI is InChI=1S/C11H12BrFO2/c1-2-4-8(11(14)15)7-5-3-6-9(12)10(7)13/h3,5-6,8H,2,4H2,1H3,(H,14,15). The number of aliphatic carboxylic acids is 1. The predicted molar refractivity (Wildman–Crippen MR) is 59.4 cm³/mol. The van der Waals surface area contributed by atoms with Gasteiger partial charge in [0, 0.05) is 5.56 Å². The van der Waals surface area contributed by atoms with E-state index in [0.717, 1.165) is 0 Å². The van der Waals surface area contributed by atoms with Gasteiger partial charge >= 0.3 is 5.97 Å². The van der Waals surface area contributed by atoms with Crippen molar-refractivity contribution >= 4 is 21.9 Å². The van der Waals surface area contributed by atoms with Crippen LogP contribution in [-0.2, 0) is 4.79 Å². The summed E-state index contributed by atoms with van der Waals surface area (Å²) in [5, 5.41) is 8.99. The third kappa shape index (κ3) is 2.78. The fourth-order valence-corrected chi connectivity index (χ4v) is 1.87. The summed E-state index contributed by atoms with van der Waals surface area (Å²) in [4.78, 5) is 11.0. The van der Waals surface area contributed by atoms with E-state index < -0.39 is 17.7 Å². The van der Waals surface area contributed by atoms with E-state index in [-0.39, 0.29) is 5.56 Å². The van der Waals surface area contributed by atoms with Gasteiger partial charge in [0.25, 0.3) is 0 Å². The molecule has 1 rings (SSSR count). The summed E-state index contributed by atoms with van der Waals surface area (Å²) < 4.78 is 13.9. The maximum absolute atomic E-state index is 13.6. The molecule has 0 bridgehead atoms. The summed E-state index contributed by atoms with van der Waals surface area (Å²) in [6.07, 6.45) is 1.16. The molecule has 0 saturated carbocycles. The fourth-order valence-electron chi connectivity index (χ4n) is 1.49. The Morgan fingerprint density at radius 3 is 2.80 bits per heavy atom. The zero-order valence-electron chi connectivity index (χ0n) is 8.34. The topological polar surface area (TPSA) is 37.3 Å². The summed E-state index contributed by atoms with van der Waals surface area (Å²) in [5.41, 5.74) is 0.249. The minimum atomic E-state index is -0.978. The molecular formula is C11H12BrFO2. The van der Waals surface area contributed by atoms with Crippen molar-refractivity contribution in [2.75, 3.05) is 0 Å². The first-order valence-electron chi connectivity index (χ1n) is 4.74. The molecule has 4 heteroatoms. The summed E-state index contributed by atoms with van der Waals surface area (Å²) in [6, 6.07) is 4.73. The molecule has 0 aliphatic carbocycles. The Labute approximate surface area is 96.2 Å². The third-order valence-corrected chi connectivity index (χ3v) is 2.84. The monoisotopic (exact) mass is 274 g/mol. The van der Waals surface area contributed by atoms with E-state index in [2.05, 4.69) is 15.9 Å². The molecule has 1 unspecified atom stereocenters. The zero-order chi connectivity index (χ0) is 11.4. The van der Waals surface area contributed by atoms with Gasteiger partial charge in [0.05, 0.1) is 10.4 Å². The van der Waals surface area contributed by atoms with Crippen molar-refractivity contribution in [2.45, 2.75) is 25.7 Å². The Bertz CT molecular complexity index is 366. The van der Waals surface area contributed by atoms with Crippen molar-refractivity contribution in [1.82, 2.24) is 0 Å². The van der Waals surface area contributed by atoms with E-state index in [9.17, 15) is 9.18 Å². The SMILES string of the molecule is CCCC(C(=O)O)c1cccc(Br)c1F.